The lowest BCUT2D eigenvalue weighted by Gasteiger charge is -2.30. The van der Waals surface area contributed by atoms with Crippen LogP contribution in [0.3, 0.4) is 0 Å². The van der Waals surface area contributed by atoms with Crippen LogP contribution in [0.2, 0.25) is 0 Å². The molecule has 1 fully saturated rings. The second-order valence-corrected chi connectivity index (χ2v) is 6.60. The molecule has 0 radical (unpaired) electrons. The first-order chi connectivity index (χ1) is 10.6. The van der Waals surface area contributed by atoms with E-state index in [1.807, 2.05) is 12.1 Å². The summed E-state index contributed by atoms with van der Waals surface area (Å²) >= 11 is 0. The lowest BCUT2D eigenvalue weighted by molar-refractivity contribution is 0.122. The zero-order valence-electron chi connectivity index (χ0n) is 12.1. The maximum atomic E-state index is 12.2. The van der Waals surface area contributed by atoms with Gasteiger partial charge in [-0.25, -0.2) is 8.42 Å². The van der Waals surface area contributed by atoms with Crippen LogP contribution in [0.25, 0.3) is 4.72 Å². The first-order valence-corrected chi connectivity index (χ1v) is 8.55. The van der Waals surface area contributed by atoms with Gasteiger partial charge in [0.05, 0.1) is 18.1 Å². The van der Waals surface area contributed by atoms with Gasteiger partial charge >= 0.3 is 0 Å². The van der Waals surface area contributed by atoms with Crippen LogP contribution >= 0.6 is 0 Å². The average molecular weight is 317 g/mol. The maximum absolute atomic E-state index is 12.2. The highest BCUT2D eigenvalue weighted by atomic mass is 32.2. The molecule has 1 aliphatic rings. The molecule has 1 aliphatic heterocycles. The number of hydrogen-bond donors (Lipinski definition) is 0. The molecule has 0 atom stereocenters. The molecule has 22 heavy (non-hydrogen) atoms. The minimum absolute atomic E-state index is 0.201. The highest BCUT2D eigenvalue weighted by Gasteiger charge is 2.10. The van der Waals surface area contributed by atoms with E-state index in [0.29, 0.717) is 18.9 Å². The highest BCUT2D eigenvalue weighted by molar-refractivity contribution is 7.94. The molecule has 0 saturated carbocycles. The van der Waals surface area contributed by atoms with Crippen molar-refractivity contribution in [2.75, 3.05) is 31.2 Å². The molecule has 0 spiro atoms. The number of rotatable bonds is 4. The fourth-order valence-corrected chi connectivity index (χ4v) is 3.34. The van der Waals surface area contributed by atoms with Crippen molar-refractivity contribution in [2.45, 2.75) is 4.90 Å². The van der Waals surface area contributed by atoms with E-state index in [1.165, 1.54) is 0 Å². The van der Waals surface area contributed by atoms with Gasteiger partial charge in [0.1, 0.15) is 10.0 Å². The topological polar surface area (TPSA) is 60.7 Å². The molecule has 2 aromatic carbocycles. The summed E-state index contributed by atoms with van der Waals surface area (Å²) in [5, 5.41) is 0. The Morgan fingerprint density at radius 3 is 2.18 bits per heavy atom. The fraction of sp³-hybridized carbons (Fsp3) is 0.250. The second kappa shape index (κ2) is 6.37. The van der Waals surface area contributed by atoms with E-state index in [2.05, 4.69) is 9.62 Å². The van der Waals surface area contributed by atoms with Crippen LogP contribution in [0.5, 0.6) is 0 Å². The molecule has 1 heterocycles. The number of nitrogens with zero attached hydrogens (tertiary/aromatic N) is 2. The Morgan fingerprint density at radius 1 is 0.909 bits per heavy atom. The summed E-state index contributed by atoms with van der Waals surface area (Å²) in [6, 6.07) is 15.5. The summed E-state index contributed by atoms with van der Waals surface area (Å²) in [5.41, 5.74) is 1.49. The van der Waals surface area contributed by atoms with Crippen molar-refractivity contribution in [1.82, 2.24) is 0 Å². The molecule has 116 valence electrons. The third kappa shape index (κ3) is 3.40. The minimum atomic E-state index is -3.66. The molecule has 0 aliphatic carbocycles. The summed E-state index contributed by atoms with van der Waals surface area (Å²) in [4.78, 5) is 2.41. The van der Waals surface area contributed by atoms with E-state index in [4.69, 9.17) is 4.74 Å². The van der Waals surface area contributed by atoms with Crippen LogP contribution in [-0.2, 0) is 14.8 Å². The predicted molar refractivity (Wildman–Crippen MR) is 86.1 cm³/mol. The molecular formula is C16H17N2O3S-. The van der Waals surface area contributed by atoms with Gasteiger partial charge in [-0.2, -0.15) is 0 Å². The molecule has 2 aromatic rings. The molecule has 0 aromatic heterocycles. The van der Waals surface area contributed by atoms with Crippen molar-refractivity contribution in [2.24, 2.45) is 0 Å². The quantitative estimate of drug-likeness (QED) is 0.870. The van der Waals surface area contributed by atoms with Crippen molar-refractivity contribution < 1.29 is 13.2 Å². The standard InChI is InChI=1S/C16H17N2O3S/c19-22(20,16-4-2-1-3-5-16)17-14-6-8-15(9-7-14)18-10-12-21-13-11-18/h1-9H,10-13H2/q-1. The Morgan fingerprint density at radius 2 is 1.55 bits per heavy atom. The summed E-state index contributed by atoms with van der Waals surface area (Å²) in [6.45, 7) is 3.13. The van der Waals surface area contributed by atoms with Gasteiger partial charge in [-0.1, -0.05) is 30.3 Å². The molecule has 0 unspecified atom stereocenters. The van der Waals surface area contributed by atoms with Gasteiger partial charge in [-0.05, 0) is 24.3 Å². The lowest BCUT2D eigenvalue weighted by atomic mass is 10.2. The SMILES string of the molecule is O=S(=O)([N-]c1ccc(N2CCOCC2)cc1)c1ccccc1. The van der Waals surface area contributed by atoms with E-state index in [-0.39, 0.29) is 4.90 Å². The van der Waals surface area contributed by atoms with E-state index < -0.39 is 10.0 Å². The monoisotopic (exact) mass is 317 g/mol. The van der Waals surface area contributed by atoms with E-state index >= 15 is 0 Å². The van der Waals surface area contributed by atoms with E-state index in [9.17, 15) is 8.42 Å². The largest absolute Gasteiger partial charge is 0.573 e. The van der Waals surface area contributed by atoms with Gasteiger partial charge in [0, 0.05) is 18.8 Å². The van der Waals surface area contributed by atoms with Gasteiger partial charge in [-0.3, -0.25) is 0 Å². The molecule has 3 rings (SSSR count). The van der Waals surface area contributed by atoms with E-state index in [0.717, 1.165) is 18.8 Å². The Hall–Kier alpha value is -2.05. The number of hydrogen-bond acceptors (Lipinski definition) is 4. The lowest BCUT2D eigenvalue weighted by Crippen LogP contribution is -2.36. The molecular weight excluding hydrogens is 300 g/mol. The zero-order valence-corrected chi connectivity index (χ0v) is 12.9. The van der Waals surface area contributed by atoms with E-state index in [1.54, 1.807) is 42.5 Å². The molecule has 5 nitrogen and oxygen atoms in total. The molecule has 0 bridgehead atoms. The Labute approximate surface area is 130 Å². The minimum Gasteiger partial charge on any atom is -0.573 e. The van der Waals surface area contributed by atoms with Crippen LogP contribution in [0.1, 0.15) is 0 Å². The molecule has 6 heteroatoms. The first-order valence-electron chi connectivity index (χ1n) is 7.11. The van der Waals surface area contributed by atoms with Crippen LogP contribution in [-0.4, -0.2) is 34.7 Å². The third-order valence-electron chi connectivity index (χ3n) is 3.49. The van der Waals surface area contributed by atoms with Crippen molar-refractivity contribution in [1.29, 1.82) is 0 Å². The second-order valence-electron chi connectivity index (χ2n) is 5.00. The Bertz CT molecular complexity index is 709. The number of ether oxygens (including phenoxy) is 1. The Balaban J connectivity index is 1.73. The van der Waals surface area contributed by atoms with Gasteiger partial charge < -0.3 is 14.4 Å². The van der Waals surface area contributed by atoms with Gasteiger partial charge in [0.2, 0.25) is 0 Å². The van der Waals surface area contributed by atoms with Crippen LogP contribution < -0.4 is 4.90 Å². The van der Waals surface area contributed by atoms with Crippen molar-refractivity contribution in [3.8, 4) is 0 Å². The highest BCUT2D eigenvalue weighted by Crippen LogP contribution is 2.29. The smallest absolute Gasteiger partial charge is 0.123 e. The van der Waals surface area contributed by atoms with Gasteiger partial charge in [-0.15, -0.1) is 5.69 Å². The zero-order chi connectivity index (χ0) is 15.4. The first kappa shape index (κ1) is 14.9. The molecule has 1 saturated heterocycles. The van der Waals surface area contributed by atoms with Gasteiger partial charge in [0.25, 0.3) is 0 Å². The molecule has 0 N–H and O–H groups in total. The van der Waals surface area contributed by atoms with Gasteiger partial charge in [0.15, 0.2) is 0 Å². The maximum Gasteiger partial charge on any atom is 0.123 e. The molecule has 0 amide bonds. The summed E-state index contributed by atoms with van der Waals surface area (Å²) in [5.74, 6) is 0. The summed E-state index contributed by atoms with van der Waals surface area (Å²) in [6.07, 6.45) is 0. The number of benzene rings is 2. The number of anilines is 1. The number of sulfonamides is 1. The predicted octanol–water partition coefficient (Wildman–Crippen LogP) is 2.92. The van der Waals surface area contributed by atoms with Crippen LogP contribution in [0.4, 0.5) is 11.4 Å². The van der Waals surface area contributed by atoms with Crippen molar-refractivity contribution >= 4 is 21.4 Å². The van der Waals surface area contributed by atoms with Crippen molar-refractivity contribution in [3.05, 3.63) is 59.3 Å². The van der Waals surface area contributed by atoms with Crippen molar-refractivity contribution in [3.63, 3.8) is 0 Å². The fourth-order valence-electron chi connectivity index (χ4n) is 2.33. The third-order valence-corrected chi connectivity index (χ3v) is 4.81. The summed E-state index contributed by atoms with van der Waals surface area (Å²) < 4.78 is 33.6. The van der Waals surface area contributed by atoms with Crippen LogP contribution in [0.15, 0.2) is 59.5 Å². The normalized spacial score (nSPS) is 15.5. The number of morpholine rings is 1. The average Bonchev–Trinajstić information content (AvgIpc) is 2.57. The Kier molecular flexibility index (Phi) is 4.31. The van der Waals surface area contributed by atoms with Crippen LogP contribution in [0, 0.1) is 0 Å². The summed E-state index contributed by atoms with van der Waals surface area (Å²) in [7, 11) is -3.66.